The molecular weight excluding hydrogens is 533 g/mol. The van der Waals surface area contributed by atoms with E-state index in [1.165, 1.54) is 0 Å². The third kappa shape index (κ3) is 9.38. The van der Waals surface area contributed by atoms with E-state index >= 15 is 0 Å². The zero-order chi connectivity index (χ0) is 23.5. The highest BCUT2D eigenvalue weighted by atomic mass is 127. The number of likely N-dealkylation sites (N-methyl/N-ethyl adjacent to an activating group) is 1. The van der Waals surface area contributed by atoms with Crippen LogP contribution in [-0.2, 0) is 16.1 Å². The van der Waals surface area contributed by atoms with Crippen LogP contribution in [0, 0.1) is 5.92 Å². The molecule has 8 nitrogen and oxygen atoms in total. The van der Waals surface area contributed by atoms with Crippen LogP contribution in [0.2, 0.25) is 0 Å². The lowest BCUT2D eigenvalue weighted by atomic mass is 9.98. The van der Waals surface area contributed by atoms with Gasteiger partial charge in [-0.1, -0.05) is 26.0 Å². The number of carbonyl (C=O) groups is 2. The summed E-state index contributed by atoms with van der Waals surface area (Å²) in [4.78, 5) is 32.9. The number of hydrogen-bond acceptors (Lipinski definition) is 4. The number of benzene rings is 1. The van der Waals surface area contributed by atoms with Crippen molar-refractivity contribution in [2.24, 2.45) is 10.9 Å². The molecule has 9 heteroatoms. The second-order valence-electron chi connectivity index (χ2n) is 8.41. The number of likely N-dealkylation sites (tertiary alicyclic amines) is 1. The van der Waals surface area contributed by atoms with Crippen LogP contribution in [0.25, 0.3) is 0 Å². The molecule has 0 aliphatic carbocycles. The summed E-state index contributed by atoms with van der Waals surface area (Å²) < 4.78 is 5.21. The molecule has 1 fully saturated rings. The molecule has 2 amide bonds. The van der Waals surface area contributed by atoms with E-state index in [0.29, 0.717) is 12.5 Å². The number of aliphatic imine (C=N–C) groups is 1. The largest absolute Gasteiger partial charge is 0.497 e. The molecule has 2 rings (SSSR count). The van der Waals surface area contributed by atoms with Crippen molar-refractivity contribution in [2.45, 2.75) is 52.1 Å². The zero-order valence-electron chi connectivity index (χ0n) is 20.6. The summed E-state index contributed by atoms with van der Waals surface area (Å²) in [5, 5.41) is 6.62. The molecule has 0 spiro atoms. The quantitative estimate of drug-likeness (QED) is 0.270. The van der Waals surface area contributed by atoms with Gasteiger partial charge in [-0.2, -0.15) is 0 Å². The lowest BCUT2D eigenvalue weighted by Gasteiger charge is -2.35. The molecule has 0 bridgehead atoms. The summed E-state index contributed by atoms with van der Waals surface area (Å²) in [7, 11) is 5.11. The van der Waals surface area contributed by atoms with Crippen molar-refractivity contribution in [2.75, 3.05) is 40.8 Å². The Hall–Kier alpha value is -2.04. The number of hydrogen-bond donors (Lipinski definition) is 2. The molecule has 0 unspecified atom stereocenters. The lowest BCUT2D eigenvalue weighted by molar-refractivity contribution is -0.136. The Morgan fingerprint density at radius 1 is 1.15 bits per heavy atom. The minimum absolute atomic E-state index is 0. The first-order chi connectivity index (χ1) is 15.4. The molecule has 0 atom stereocenters. The Bertz CT molecular complexity index is 758. The number of nitrogens with one attached hydrogen (secondary N) is 2. The van der Waals surface area contributed by atoms with Gasteiger partial charge < -0.3 is 25.2 Å². The Balaban J connectivity index is 0.00000544. The van der Waals surface area contributed by atoms with Crippen molar-refractivity contribution in [1.29, 1.82) is 0 Å². The number of ether oxygens (including phenoxy) is 1. The average Bonchev–Trinajstić information content (AvgIpc) is 2.81. The summed E-state index contributed by atoms with van der Waals surface area (Å²) in [6.45, 7) is 6.30. The van der Waals surface area contributed by atoms with Crippen molar-refractivity contribution in [3.8, 4) is 5.75 Å². The molecule has 1 aromatic rings. The topological polar surface area (TPSA) is 86.3 Å². The molecule has 186 valence electrons. The predicted molar refractivity (Wildman–Crippen MR) is 143 cm³/mol. The van der Waals surface area contributed by atoms with Gasteiger partial charge in [0.15, 0.2) is 5.96 Å². The van der Waals surface area contributed by atoms with E-state index in [0.717, 1.165) is 50.1 Å². The number of halogens is 1. The summed E-state index contributed by atoms with van der Waals surface area (Å²) >= 11 is 0. The maximum atomic E-state index is 12.7. The van der Waals surface area contributed by atoms with Gasteiger partial charge in [0, 0.05) is 39.1 Å². The molecule has 0 radical (unpaired) electrons. The fraction of sp³-hybridized carbons (Fsp3) is 0.625. The number of guanidine groups is 1. The van der Waals surface area contributed by atoms with Gasteiger partial charge in [0.25, 0.3) is 0 Å². The van der Waals surface area contributed by atoms with Crippen LogP contribution in [0.5, 0.6) is 5.75 Å². The molecule has 0 saturated carbocycles. The number of methoxy groups -OCH3 is 1. The van der Waals surface area contributed by atoms with Gasteiger partial charge in [0.2, 0.25) is 11.8 Å². The number of nitrogens with zero attached hydrogens (tertiary/aromatic N) is 3. The lowest BCUT2D eigenvalue weighted by Crippen LogP contribution is -2.51. The Labute approximate surface area is 215 Å². The third-order valence-electron chi connectivity index (χ3n) is 5.97. The Morgan fingerprint density at radius 3 is 2.27 bits per heavy atom. The van der Waals surface area contributed by atoms with Gasteiger partial charge in [-0.05, 0) is 43.4 Å². The molecule has 1 heterocycles. The second kappa shape index (κ2) is 15.0. The van der Waals surface area contributed by atoms with Gasteiger partial charge in [0.1, 0.15) is 5.75 Å². The van der Waals surface area contributed by atoms with Crippen molar-refractivity contribution in [3.63, 3.8) is 0 Å². The summed E-state index contributed by atoms with van der Waals surface area (Å²) in [6, 6.07) is 7.98. The number of amides is 2. The number of carbonyl (C=O) groups excluding carboxylic acids is 2. The van der Waals surface area contributed by atoms with E-state index in [4.69, 9.17) is 4.74 Å². The first-order valence-electron chi connectivity index (χ1n) is 11.5. The molecule has 0 aromatic heterocycles. The Morgan fingerprint density at radius 2 is 1.76 bits per heavy atom. The van der Waals surface area contributed by atoms with E-state index in [9.17, 15) is 9.59 Å². The zero-order valence-corrected chi connectivity index (χ0v) is 22.9. The Kier molecular flexibility index (Phi) is 13.2. The van der Waals surface area contributed by atoms with Gasteiger partial charge in [0.05, 0.1) is 20.2 Å². The number of rotatable bonds is 9. The van der Waals surface area contributed by atoms with Crippen LogP contribution in [0.1, 0.15) is 45.1 Å². The van der Waals surface area contributed by atoms with Crippen molar-refractivity contribution in [1.82, 2.24) is 20.4 Å². The maximum absolute atomic E-state index is 12.7. The van der Waals surface area contributed by atoms with E-state index in [1.54, 1.807) is 26.1 Å². The van der Waals surface area contributed by atoms with E-state index in [1.807, 2.05) is 29.2 Å². The van der Waals surface area contributed by atoms with Crippen LogP contribution >= 0.6 is 24.0 Å². The molecule has 1 aromatic carbocycles. The normalized spacial score (nSPS) is 14.5. The van der Waals surface area contributed by atoms with E-state index < -0.39 is 0 Å². The van der Waals surface area contributed by atoms with Crippen LogP contribution in [0.4, 0.5) is 0 Å². The standard InChI is InChI=1S/C24H39N5O3.HI/c1-6-19(7-2)23(31)29-14-12-20(13-15-29)27-24(26-17-22(30)28(3)4)25-16-18-8-10-21(32-5)11-9-18;/h8-11,19-20H,6-7,12-17H2,1-5H3,(H2,25,26,27);1H. The molecule has 1 saturated heterocycles. The molecular formula is C24H40IN5O3. The van der Waals surface area contributed by atoms with Gasteiger partial charge in [-0.3, -0.25) is 9.59 Å². The van der Waals surface area contributed by atoms with Gasteiger partial charge in [-0.15, -0.1) is 24.0 Å². The van der Waals surface area contributed by atoms with Crippen LogP contribution < -0.4 is 15.4 Å². The smallest absolute Gasteiger partial charge is 0.241 e. The minimum Gasteiger partial charge on any atom is -0.497 e. The average molecular weight is 574 g/mol. The highest BCUT2D eigenvalue weighted by molar-refractivity contribution is 14.0. The van der Waals surface area contributed by atoms with Crippen LogP contribution in [-0.4, -0.2) is 74.5 Å². The summed E-state index contributed by atoms with van der Waals surface area (Å²) in [5.41, 5.74) is 1.05. The fourth-order valence-corrected chi connectivity index (χ4v) is 3.70. The van der Waals surface area contributed by atoms with E-state index in [-0.39, 0.29) is 54.3 Å². The second-order valence-corrected chi connectivity index (χ2v) is 8.41. The van der Waals surface area contributed by atoms with Gasteiger partial charge >= 0.3 is 0 Å². The van der Waals surface area contributed by atoms with E-state index in [2.05, 4.69) is 29.5 Å². The molecule has 33 heavy (non-hydrogen) atoms. The minimum atomic E-state index is -0.0189. The fourth-order valence-electron chi connectivity index (χ4n) is 3.70. The van der Waals surface area contributed by atoms with Crippen molar-refractivity contribution >= 4 is 41.8 Å². The summed E-state index contributed by atoms with van der Waals surface area (Å²) in [5.74, 6) is 1.80. The highest BCUT2D eigenvalue weighted by Crippen LogP contribution is 2.17. The first kappa shape index (κ1) is 29.0. The maximum Gasteiger partial charge on any atom is 0.241 e. The van der Waals surface area contributed by atoms with Crippen LogP contribution in [0.15, 0.2) is 29.3 Å². The molecule has 2 N–H and O–H groups in total. The highest BCUT2D eigenvalue weighted by Gasteiger charge is 2.27. The summed E-state index contributed by atoms with van der Waals surface area (Å²) in [6.07, 6.45) is 3.49. The van der Waals surface area contributed by atoms with Crippen molar-refractivity contribution in [3.05, 3.63) is 29.8 Å². The van der Waals surface area contributed by atoms with Crippen LogP contribution in [0.3, 0.4) is 0 Å². The predicted octanol–water partition coefficient (Wildman–Crippen LogP) is 2.86. The monoisotopic (exact) mass is 573 g/mol. The SMILES string of the molecule is CCC(CC)C(=O)N1CCC(NC(=NCc2ccc(OC)cc2)NCC(=O)N(C)C)CC1.I. The van der Waals surface area contributed by atoms with Gasteiger partial charge in [-0.25, -0.2) is 4.99 Å². The third-order valence-corrected chi connectivity index (χ3v) is 5.97. The first-order valence-corrected chi connectivity index (χ1v) is 11.5. The number of piperidine rings is 1. The molecule has 1 aliphatic heterocycles. The molecule has 1 aliphatic rings. The van der Waals surface area contributed by atoms with Crippen molar-refractivity contribution < 1.29 is 14.3 Å².